The second-order valence-corrected chi connectivity index (χ2v) is 3.69. The monoisotopic (exact) mass is 179 g/mol. The van der Waals surface area contributed by atoms with E-state index < -0.39 is 0 Å². The minimum atomic E-state index is -0.159. The van der Waals surface area contributed by atoms with Crippen LogP contribution in [0.15, 0.2) is 11.1 Å². The SMILES string of the molecule is CC/C(=C1\CC(=O)NC1=O)C1CC1. The molecule has 0 aromatic heterocycles. The van der Waals surface area contributed by atoms with E-state index in [0.717, 1.165) is 12.0 Å². The normalized spacial score (nSPS) is 26.2. The number of imide groups is 1. The van der Waals surface area contributed by atoms with E-state index in [1.165, 1.54) is 18.4 Å². The average Bonchev–Trinajstić information content (AvgIpc) is 2.82. The Hall–Kier alpha value is -1.12. The summed E-state index contributed by atoms with van der Waals surface area (Å²) in [6, 6.07) is 0. The molecule has 1 N–H and O–H groups in total. The van der Waals surface area contributed by atoms with Crippen LogP contribution in [0.3, 0.4) is 0 Å². The summed E-state index contributed by atoms with van der Waals surface area (Å²) in [5.74, 6) is 0.289. The number of hydrogen-bond acceptors (Lipinski definition) is 2. The van der Waals surface area contributed by atoms with E-state index in [1.54, 1.807) is 0 Å². The number of rotatable bonds is 2. The molecule has 0 bridgehead atoms. The van der Waals surface area contributed by atoms with Gasteiger partial charge in [0.05, 0.1) is 6.42 Å². The molecule has 0 atom stereocenters. The third kappa shape index (κ3) is 1.50. The van der Waals surface area contributed by atoms with Crippen LogP contribution in [0.5, 0.6) is 0 Å². The fraction of sp³-hybridized carbons (Fsp3) is 0.600. The average molecular weight is 179 g/mol. The van der Waals surface area contributed by atoms with Crippen LogP contribution in [0.4, 0.5) is 0 Å². The molecule has 1 heterocycles. The number of amides is 2. The quantitative estimate of drug-likeness (QED) is 0.510. The molecule has 3 nitrogen and oxygen atoms in total. The van der Waals surface area contributed by atoms with Crippen LogP contribution >= 0.6 is 0 Å². The summed E-state index contributed by atoms with van der Waals surface area (Å²) in [5.41, 5.74) is 1.96. The lowest BCUT2D eigenvalue weighted by Gasteiger charge is -2.04. The summed E-state index contributed by atoms with van der Waals surface area (Å²) in [7, 11) is 0. The van der Waals surface area contributed by atoms with E-state index in [9.17, 15) is 9.59 Å². The van der Waals surface area contributed by atoms with E-state index in [-0.39, 0.29) is 11.8 Å². The van der Waals surface area contributed by atoms with Gasteiger partial charge in [0.15, 0.2) is 0 Å². The fourth-order valence-corrected chi connectivity index (χ4v) is 1.93. The molecule has 0 unspecified atom stereocenters. The van der Waals surface area contributed by atoms with E-state index >= 15 is 0 Å². The molecule has 2 rings (SSSR count). The Morgan fingerprint density at radius 2 is 2.15 bits per heavy atom. The zero-order valence-corrected chi connectivity index (χ0v) is 7.72. The van der Waals surface area contributed by atoms with Gasteiger partial charge in [-0.15, -0.1) is 0 Å². The fourth-order valence-electron chi connectivity index (χ4n) is 1.93. The van der Waals surface area contributed by atoms with Crippen LogP contribution in [-0.4, -0.2) is 11.8 Å². The van der Waals surface area contributed by atoms with Crippen LogP contribution in [0.1, 0.15) is 32.6 Å². The molecule has 1 saturated carbocycles. The summed E-state index contributed by atoms with van der Waals surface area (Å²) in [6.45, 7) is 2.05. The molecular weight excluding hydrogens is 166 g/mol. The van der Waals surface area contributed by atoms with Gasteiger partial charge in [0.1, 0.15) is 0 Å². The third-order valence-corrected chi connectivity index (χ3v) is 2.70. The first-order chi connectivity index (χ1) is 6.22. The highest BCUT2D eigenvalue weighted by atomic mass is 16.2. The van der Waals surface area contributed by atoms with Crippen molar-refractivity contribution in [2.45, 2.75) is 32.6 Å². The number of carbonyl (C=O) groups is 2. The van der Waals surface area contributed by atoms with E-state index in [2.05, 4.69) is 12.2 Å². The lowest BCUT2D eigenvalue weighted by molar-refractivity contribution is -0.124. The van der Waals surface area contributed by atoms with Gasteiger partial charge in [0.25, 0.3) is 5.91 Å². The first-order valence-corrected chi connectivity index (χ1v) is 4.78. The van der Waals surface area contributed by atoms with Crippen molar-refractivity contribution in [3.8, 4) is 0 Å². The van der Waals surface area contributed by atoms with Crippen LogP contribution in [0, 0.1) is 5.92 Å². The number of nitrogens with one attached hydrogen (secondary N) is 1. The highest BCUT2D eigenvalue weighted by Crippen LogP contribution is 2.40. The van der Waals surface area contributed by atoms with E-state index in [4.69, 9.17) is 0 Å². The summed E-state index contributed by atoms with van der Waals surface area (Å²) in [4.78, 5) is 22.3. The second kappa shape index (κ2) is 2.98. The zero-order chi connectivity index (χ0) is 9.42. The van der Waals surface area contributed by atoms with E-state index in [1.807, 2.05) is 0 Å². The van der Waals surface area contributed by atoms with Crippen molar-refractivity contribution in [3.05, 3.63) is 11.1 Å². The molecule has 0 radical (unpaired) electrons. The van der Waals surface area contributed by atoms with Gasteiger partial charge in [0, 0.05) is 5.57 Å². The summed E-state index contributed by atoms with van der Waals surface area (Å²) < 4.78 is 0. The van der Waals surface area contributed by atoms with Crippen molar-refractivity contribution in [2.75, 3.05) is 0 Å². The molecule has 2 amide bonds. The highest BCUT2D eigenvalue weighted by molar-refractivity contribution is 6.13. The summed E-state index contributed by atoms with van der Waals surface area (Å²) >= 11 is 0. The predicted molar refractivity (Wildman–Crippen MR) is 47.8 cm³/mol. The van der Waals surface area contributed by atoms with Crippen molar-refractivity contribution in [1.29, 1.82) is 0 Å². The van der Waals surface area contributed by atoms with Crippen LogP contribution in [0.25, 0.3) is 0 Å². The van der Waals surface area contributed by atoms with Crippen molar-refractivity contribution >= 4 is 11.8 Å². The van der Waals surface area contributed by atoms with Gasteiger partial charge in [-0.05, 0) is 25.2 Å². The molecule has 2 aliphatic rings. The van der Waals surface area contributed by atoms with Crippen molar-refractivity contribution < 1.29 is 9.59 Å². The maximum atomic E-state index is 11.3. The van der Waals surface area contributed by atoms with E-state index in [0.29, 0.717) is 12.3 Å². The highest BCUT2D eigenvalue weighted by Gasteiger charge is 2.33. The first-order valence-electron chi connectivity index (χ1n) is 4.78. The molecule has 1 aliphatic heterocycles. The third-order valence-electron chi connectivity index (χ3n) is 2.70. The smallest absolute Gasteiger partial charge is 0.254 e. The number of carbonyl (C=O) groups excluding carboxylic acids is 2. The molecule has 1 aliphatic carbocycles. The van der Waals surface area contributed by atoms with Gasteiger partial charge in [0.2, 0.25) is 5.91 Å². The maximum absolute atomic E-state index is 11.3. The standard InChI is InChI=1S/C10H13NO2/c1-2-7(6-3-4-6)8-5-9(12)11-10(8)13/h6H,2-5H2,1H3,(H,11,12,13)/b8-7-. The Kier molecular flexibility index (Phi) is 1.94. The summed E-state index contributed by atoms with van der Waals surface area (Å²) in [5, 5.41) is 2.33. The van der Waals surface area contributed by atoms with Crippen molar-refractivity contribution in [3.63, 3.8) is 0 Å². The van der Waals surface area contributed by atoms with Crippen molar-refractivity contribution in [2.24, 2.45) is 5.92 Å². The Balaban J connectivity index is 2.28. The van der Waals surface area contributed by atoms with Gasteiger partial charge >= 0.3 is 0 Å². The maximum Gasteiger partial charge on any atom is 0.254 e. The van der Waals surface area contributed by atoms with Gasteiger partial charge in [-0.1, -0.05) is 12.5 Å². The molecule has 0 aromatic rings. The number of hydrogen-bond donors (Lipinski definition) is 1. The Morgan fingerprint density at radius 1 is 1.46 bits per heavy atom. The molecule has 0 spiro atoms. The molecule has 70 valence electrons. The molecule has 13 heavy (non-hydrogen) atoms. The Bertz CT molecular complexity index is 300. The molecular formula is C10H13NO2. The van der Waals surface area contributed by atoms with Crippen LogP contribution in [-0.2, 0) is 9.59 Å². The summed E-state index contributed by atoms with van der Waals surface area (Å²) in [6.07, 6.45) is 3.58. The zero-order valence-electron chi connectivity index (χ0n) is 7.72. The Morgan fingerprint density at radius 3 is 2.54 bits per heavy atom. The minimum Gasteiger partial charge on any atom is -0.292 e. The predicted octanol–water partition coefficient (Wildman–Crippen LogP) is 1.15. The minimum absolute atomic E-state index is 0.147. The molecule has 2 fully saturated rings. The van der Waals surface area contributed by atoms with Crippen molar-refractivity contribution in [1.82, 2.24) is 5.32 Å². The number of allylic oxidation sites excluding steroid dienone is 1. The molecule has 0 aromatic carbocycles. The lowest BCUT2D eigenvalue weighted by atomic mass is 10.00. The van der Waals surface area contributed by atoms with Gasteiger partial charge < -0.3 is 0 Å². The largest absolute Gasteiger partial charge is 0.292 e. The first kappa shape index (κ1) is 8.48. The molecule has 1 saturated heterocycles. The van der Waals surface area contributed by atoms with Gasteiger partial charge in [-0.3, -0.25) is 14.9 Å². The van der Waals surface area contributed by atoms with Gasteiger partial charge in [-0.25, -0.2) is 0 Å². The second-order valence-electron chi connectivity index (χ2n) is 3.69. The molecule has 3 heteroatoms. The topological polar surface area (TPSA) is 46.2 Å². The lowest BCUT2D eigenvalue weighted by Crippen LogP contribution is -2.19. The van der Waals surface area contributed by atoms with Gasteiger partial charge in [-0.2, -0.15) is 0 Å². The van der Waals surface area contributed by atoms with Crippen LogP contribution in [0.2, 0.25) is 0 Å². The Labute approximate surface area is 77.2 Å². The van der Waals surface area contributed by atoms with Crippen LogP contribution < -0.4 is 5.32 Å².